The van der Waals surface area contributed by atoms with E-state index in [1.807, 2.05) is 28.7 Å². The fourth-order valence-electron chi connectivity index (χ4n) is 2.37. The van der Waals surface area contributed by atoms with Crippen LogP contribution in [0.15, 0.2) is 22.9 Å². The van der Waals surface area contributed by atoms with Gasteiger partial charge >= 0.3 is 0 Å². The normalized spacial score (nSPS) is 18.0. The number of nitrogens with zero attached hydrogens (tertiary/aromatic N) is 2. The largest absolute Gasteiger partial charge is 0.377 e. The molecule has 1 aliphatic heterocycles. The number of anilines is 1. The number of hydrogen-bond donors (Lipinski definition) is 1. The van der Waals surface area contributed by atoms with Gasteiger partial charge in [-0.2, -0.15) is 0 Å². The van der Waals surface area contributed by atoms with Crippen LogP contribution in [0, 0.1) is 0 Å². The highest BCUT2D eigenvalue weighted by Gasteiger charge is 2.24. The topological polar surface area (TPSA) is 71.5 Å². The number of thiophene rings is 1. The molecular weight excluding hydrogens is 334 g/mol. The summed E-state index contributed by atoms with van der Waals surface area (Å²) >= 11 is 2.71. The summed E-state index contributed by atoms with van der Waals surface area (Å²) in [6.07, 6.45) is 0.246. The molecule has 0 saturated carbocycles. The number of hydrogen-bond acceptors (Lipinski definition) is 6. The quantitative estimate of drug-likeness (QED) is 0.917. The average Bonchev–Trinajstić information content (AvgIpc) is 3.19. The molecule has 122 valence electrons. The first-order valence-electron chi connectivity index (χ1n) is 7.30. The maximum atomic E-state index is 12.3. The third-order valence-electron chi connectivity index (χ3n) is 3.54. The van der Waals surface area contributed by atoms with Gasteiger partial charge in [0.05, 0.1) is 36.2 Å². The molecule has 3 rings (SSSR count). The number of amides is 2. The van der Waals surface area contributed by atoms with Crippen LogP contribution in [-0.2, 0) is 16.0 Å². The molecule has 2 aromatic heterocycles. The molecule has 2 amide bonds. The Morgan fingerprint density at radius 1 is 1.48 bits per heavy atom. The van der Waals surface area contributed by atoms with Crippen LogP contribution >= 0.6 is 22.7 Å². The number of rotatable bonds is 4. The minimum Gasteiger partial charge on any atom is -0.377 e. The molecule has 1 aliphatic rings. The van der Waals surface area contributed by atoms with E-state index in [9.17, 15) is 9.59 Å². The Hall–Kier alpha value is -1.77. The zero-order valence-corrected chi connectivity index (χ0v) is 14.3. The van der Waals surface area contributed by atoms with Gasteiger partial charge in [-0.3, -0.25) is 14.9 Å². The van der Waals surface area contributed by atoms with Gasteiger partial charge in [0, 0.05) is 11.9 Å². The highest BCUT2D eigenvalue weighted by Crippen LogP contribution is 2.19. The second kappa shape index (κ2) is 7.20. The Bertz CT molecular complexity index is 684. The van der Waals surface area contributed by atoms with E-state index in [-0.39, 0.29) is 24.3 Å². The molecular formula is C15H17N3O3S2. The van der Waals surface area contributed by atoms with Crippen molar-refractivity contribution < 1.29 is 14.3 Å². The van der Waals surface area contributed by atoms with Gasteiger partial charge in [-0.1, -0.05) is 6.07 Å². The average molecular weight is 351 g/mol. The van der Waals surface area contributed by atoms with Gasteiger partial charge in [0.25, 0.3) is 5.91 Å². The highest BCUT2D eigenvalue weighted by atomic mass is 32.1. The number of nitrogens with one attached hydrogen (secondary N) is 1. The van der Waals surface area contributed by atoms with Crippen molar-refractivity contribution in [3.05, 3.63) is 33.5 Å². The van der Waals surface area contributed by atoms with Gasteiger partial charge in [-0.05, 0) is 18.4 Å². The van der Waals surface area contributed by atoms with Crippen molar-refractivity contribution in [2.45, 2.75) is 19.4 Å². The molecule has 2 aromatic rings. The lowest BCUT2D eigenvalue weighted by atomic mass is 10.2. The summed E-state index contributed by atoms with van der Waals surface area (Å²) in [5.41, 5.74) is 0.681. The highest BCUT2D eigenvalue weighted by molar-refractivity contribution is 7.14. The second-order valence-electron chi connectivity index (χ2n) is 5.26. The van der Waals surface area contributed by atoms with Crippen molar-refractivity contribution in [1.82, 2.24) is 9.88 Å². The molecule has 3 heterocycles. The SMILES string of the molecule is CC1COCCN1C(=O)Cc1csc(NC(=O)c2cccs2)n1. The van der Waals surface area contributed by atoms with E-state index in [1.54, 1.807) is 6.07 Å². The molecule has 1 N–H and O–H groups in total. The first-order valence-corrected chi connectivity index (χ1v) is 9.06. The van der Waals surface area contributed by atoms with Crippen LogP contribution in [-0.4, -0.2) is 47.5 Å². The number of thiazole rings is 1. The van der Waals surface area contributed by atoms with E-state index in [0.717, 1.165) is 0 Å². The summed E-state index contributed by atoms with van der Waals surface area (Å²) in [4.78, 5) is 31.1. The Labute approximate surface area is 142 Å². The van der Waals surface area contributed by atoms with Crippen LogP contribution in [0.5, 0.6) is 0 Å². The van der Waals surface area contributed by atoms with Crippen LogP contribution < -0.4 is 5.32 Å². The van der Waals surface area contributed by atoms with Gasteiger partial charge in [-0.25, -0.2) is 4.98 Å². The maximum Gasteiger partial charge on any atom is 0.267 e. The van der Waals surface area contributed by atoms with Crippen LogP contribution in [0.4, 0.5) is 5.13 Å². The monoisotopic (exact) mass is 351 g/mol. The number of morpholine rings is 1. The number of aromatic nitrogens is 1. The molecule has 6 nitrogen and oxygen atoms in total. The van der Waals surface area contributed by atoms with Gasteiger partial charge in [0.1, 0.15) is 0 Å². The Morgan fingerprint density at radius 3 is 3.09 bits per heavy atom. The molecule has 0 aliphatic carbocycles. The van der Waals surface area contributed by atoms with Crippen molar-refractivity contribution in [2.75, 3.05) is 25.1 Å². The lowest BCUT2D eigenvalue weighted by Gasteiger charge is -2.33. The maximum absolute atomic E-state index is 12.3. The summed E-state index contributed by atoms with van der Waals surface area (Å²) in [6, 6.07) is 3.68. The standard InChI is InChI=1S/C15H17N3O3S2/c1-10-8-21-5-4-18(10)13(19)7-11-9-23-15(16-11)17-14(20)12-3-2-6-22-12/h2-3,6,9-10H,4-5,7-8H2,1H3,(H,16,17,20). The first kappa shape index (κ1) is 16.1. The van der Waals surface area contributed by atoms with E-state index in [2.05, 4.69) is 10.3 Å². The van der Waals surface area contributed by atoms with E-state index < -0.39 is 0 Å². The summed E-state index contributed by atoms with van der Waals surface area (Å²) in [7, 11) is 0. The fraction of sp³-hybridized carbons (Fsp3) is 0.400. The lowest BCUT2D eigenvalue weighted by molar-refractivity contribution is -0.138. The minimum absolute atomic E-state index is 0.0437. The van der Waals surface area contributed by atoms with E-state index in [0.29, 0.717) is 35.5 Å². The number of carbonyl (C=O) groups is 2. The molecule has 1 fully saturated rings. The molecule has 0 radical (unpaired) electrons. The summed E-state index contributed by atoms with van der Waals surface area (Å²) < 4.78 is 5.34. The lowest BCUT2D eigenvalue weighted by Crippen LogP contribution is -2.47. The van der Waals surface area contributed by atoms with Crippen molar-refractivity contribution in [3.8, 4) is 0 Å². The van der Waals surface area contributed by atoms with Crippen LogP contribution in [0.2, 0.25) is 0 Å². The number of ether oxygens (including phenoxy) is 1. The van der Waals surface area contributed by atoms with E-state index >= 15 is 0 Å². The molecule has 8 heteroatoms. The number of carbonyl (C=O) groups excluding carboxylic acids is 2. The minimum atomic E-state index is -0.172. The van der Waals surface area contributed by atoms with Gasteiger partial charge < -0.3 is 9.64 Å². The molecule has 0 spiro atoms. The fourth-order valence-corrected chi connectivity index (χ4v) is 3.69. The predicted molar refractivity (Wildman–Crippen MR) is 90.1 cm³/mol. The van der Waals surface area contributed by atoms with E-state index in [4.69, 9.17) is 4.74 Å². The summed E-state index contributed by atoms with van der Waals surface area (Å²) in [5, 5.41) is 6.94. The zero-order chi connectivity index (χ0) is 16.2. The van der Waals surface area contributed by atoms with Gasteiger partial charge in [0.2, 0.25) is 5.91 Å². The van der Waals surface area contributed by atoms with E-state index in [1.165, 1.54) is 22.7 Å². The summed E-state index contributed by atoms with van der Waals surface area (Å²) in [6.45, 7) is 3.75. The third kappa shape index (κ3) is 3.95. The van der Waals surface area contributed by atoms with Crippen molar-refractivity contribution in [1.29, 1.82) is 0 Å². The Balaban J connectivity index is 1.58. The predicted octanol–water partition coefficient (Wildman–Crippen LogP) is 2.25. The van der Waals surface area contributed by atoms with Crippen molar-refractivity contribution in [2.24, 2.45) is 0 Å². The van der Waals surface area contributed by atoms with Crippen molar-refractivity contribution >= 4 is 39.6 Å². The first-order chi connectivity index (χ1) is 11.1. The third-order valence-corrected chi connectivity index (χ3v) is 5.21. The Morgan fingerprint density at radius 2 is 2.35 bits per heavy atom. The van der Waals surface area contributed by atoms with Gasteiger partial charge in [-0.15, -0.1) is 22.7 Å². The molecule has 1 saturated heterocycles. The molecule has 23 heavy (non-hydrogen) atoms. The van der Waals surface area contributed by atoms with Crippen LogP contribution in [0.1, 0.15) is 22.3 Å². The Kier molecular flexibility index (Phi) is 5.04. The smallest absolute Gasteiger partial charge is 0.267 e. The van der Waals surface area contributed by atoms with Gasteiger partial charge in [0.15, 0.2) is 5.13 Å². The summed E-state index contributed by atoms with van der Waals surface area (Å²) in [5.74, 6) is -0.128. The molecule has 0 aromatic carbocycles. The van der Waals surface area contributed by atoms with Crippen molar-refractivity contribution in [3.63, 3.8) is 0 Å². The second-order valence-corrected chi connectivity index (χ2v) is 7.07. The zero-order valence-electron chi connectivity index (χ0n) is 12.7. The molecule has 1 atom stereocenters. The molecule has 1 unspecified atom stereocenters. The molecule has 0 bridgehead atoms. The van der Waals surface area contributed by atoms with Crippen LogP contribution in [0.25, 0.3) is 0 Å². The van der Waals surface area contributed by atoms with Crippen LogP contribution in [0.3, 0.4) is 0 Å².